The smallest absolute Gasteiger partial charge is 0.123 e. The molecule has 0 aromatic heterocycles. The summed E-state index contributed by atoms with van der Waals surface area (Å²) in [6.07, 6.45) is 5.91. The third kappa shape index (κ3) is 2.86. The van der Waals surface area contributed by atoms with Crippen molar-refractivity contribution in [3.63, 3.8) is 0 Å². The van der Waals surface area contributed by atoms with E-state index in [1.807, 2.05) is 12.1 Å². The Morgan fingerprint density at radius 3 is 2.57 bits per heavy atom. The van der Waals surface area contributed by atoms with Crippen molar-refractivity contribution in [3.05, 3.63) is 35.6 Å². The lowest BCUT2D eigenvalue weighted by atomic mass is 9.93. The molecule has 2 saturated carbocycles. The second-order valence-electron chi connectivity index (χ2n) is 7.18. The molecule has 1 saturated heterocycles. The molecule has 3 fully saturated rings. The summed E-state index contributed by atoms with van der Waals surface area (Å²) in [6.45, 7) is 5.55. The number of hydrogen-bond acceptors (Lipinski definition) is 2. The van der Waals surface area contributed by atoms with Crippen LogP contribution in [0.2, 0.25) is 0 Å². The molecule has 3 heteroatoms. The second-order valence-corrected chi connectivity index (χ2v) is 7.18. The summed E-state index contributed by atoms with van der Waals surface area (Å²) in [5.41, 5.74) is 1.10. The quantitative estimate of drug-likeness (QED) is 0.843. The number of fused-ring (bicyclic) bond motifs is 2. The van der Waals surface area contributed by atoms with E-state index in [0.29, 0.717) is 0 Å². The number of benzene rings is 1. The molecule has 1 heterocycles. The third-order valence-corrected chi connectivity index (χ3v) is 5.87. The number of halogens is 1. The van der Waals surface area contributed by atoms with Crippen LogP contribution in [0.1, 0.15) is 31.2 Å². The van der Waals surface area contributed by atoms with Crippen molar-refractivity contribution >= 4 is 0 Å². The highest BCUT2D eigenvalue weighted by molar-refractivity contribution is 5.16. The Balaban J connectivity index is 1.31. The molecule has 3 aliphatic rings. The van der Waals surface area contributed by atoms with E-state index in [1.165, 1.54) is 44.8 Å². The molecule has 21 heavy (non-hydrogen) atoms. The van der Waals surface area contributed by atoms with Gasteiger partial charge in [0.25, 0.3) is 0 Å². The Kier molecular flexibility index (Phi) is 3.72. The number of rotatable bonds is 3. The van der Waals surface area contributed by atoms with Crippen LogP contribution in [0.3, 0.4) is 0 Å². The summed E-state index contributed by atoms with van der Waals surface area (Å²) < 4.78 is 13.2. The maximum absolute atomic E-state index is 13.2. The van der Waals surface area contributed by atoms with Crippen LogP contribution in [-0.2, 0) is 6.54 Å². The molecule has 2 bridgehead atoms. The van der Waals surface area contributed by atoms with Gasteiger partial charge in [0.05, 0.1) is 0 Å². The molecule has 0 radical (unpaired) electrons. The van der Waals surface area contributed by atoms with Gasteiger partial charge in [0.15, 0.2) is 0 Å². The van der Waals surface area contributed by atoms with Gasteiger partial charge in [-0.2, -0.15) is 0 Å². The normalized spacial score (nSPS) is 33.7. The molecule has 0 amide bonds. The molecule has 2 nitrogen and oxygen atoms in total. The van der Waals surface area contributed by atoms with Crippen molar-refractivity contribution in [3.8, 4) is 0 Å². The van der Waals surface area contributed by atoms with Gasteiger partial charge in [0.2, 0.25) is 0 Å². The Morgan fingerprint density at radius 1 is 1.05 bits per heavy atom. The molecule has 4 rings (SSSR count). The van der Waals surface area contributed by atoms with Crippen molar-refractivity contribution in [1.82, 2.24) is 9.80 Å². The van der Waals surface area contributed by atoms with Crippen LogP contribution >= 0.6 is 0 Å². The molecule has 1 aliphatic heterocycles. The van der Waals surface area contributed by atoms with Gasteiger partial charge >= 0.3 is 0 Å². The summed E-state index contributed by atoms with van der Waals surface area (Å²) in [7, 11) is 0. The van der Waals surface area contributed by atoms with Crippen molar-refractivity contribution in [2.24, 2.45) is 11.8 Å². The first-order chi connectivity index (χ1) is 10.3. The van der Waals surface area contributed by atoms with E-state index in [2.05, 4.69) is 9.80 Å². The predicted octanol–water partition coefficient (Wildman–Crippen LogP) is 3.13. The van der Waals surface area contributed by atoms with Crippen LogP contribution in [0.15, 0.2) is 24.3 Å². The largest absolute Gasteiger partial charge is 0.298 e. The Bertz CT molecular complexity index is 496. The van der Waals surface area contributed by atoms with E-state index in [1.54, 1.807) is 6.07 Å². The number of nitrogens with zero attached hydrogens (tertiary/aromatic N) is 2. The second kappa shape index (κ2) is 5.69. The summed E-state index contributed by atoms with van der Waals surface area (Å²) in [5, 5.41) is 0. The minimum Gasteiger partial charge on any atom is -0.298 e. The number of hydrogen-bond donors (Lipinski definition) is 0. The molecule has 0 unspecified atom stereocenters. The molecule has 0 spiro atoms. The van der Waals surface area contributed by atoms with Gasteiger partial charge in [-0.05, 0) is 48.8 Å². The average Bonchev–Trinajstić information content (AvgIpc) is 3.11. The van der Waals surface area contributed by atoms with E-state index < -0.39 is 0 Å². The standard InChI is InChI=1S/C18H25FN2/c19-17-3-1-2-15(11-17)13-20-6-8-21(9-7-20)18-12-14-4-5-16(18)10-14/h1-3,11,14,16,18H,4-10,12-13H2/t14-,16-,18-/m1/s1. The lowest BCUT2D eigenvalue weighted by Crippen LogP contribution is -2.51. The van der Waals surface area contributed by atoms with Crippen LogP contribution < -0.4 is 0 Å². The van der Waals surface area contributed by atoms with E-state index in [4.69, 9.17) is 0 Å². The minimum atomic E-state index is -0.117. The molecule has 1 aromatic carbocycles. The van der Waals surface area contributed by atoms with Gasteiger partial charge in [-0.25, -0.2) is 4.39 Å². The summed E-state index contributed by atoms with van der Waals surface area (Å²) in [6, 6.07) is 7.92. The minimum absolute atomic E-state index is 0.117. The molecule has 0 N–H and O–H groups in total. The van der Waals surface area contributed by atoms with Crippen LogP contribution in [0, 0.1) is 17.7 Å². The zero-order valence-corrected chi connectivity index (χ0v) is 12.7. The Morgan fingerprint density at radius 2 is 1.90 bits per heavy atom. The first kappa shape index (κ1) is 13.7. The van der Waals surface area contributed by atoms with Crippen molar-refractivity contribution in [2.45, 2.75) is 38.3 Å². The monoisotopic (exact) mass is 288 g/mol. The molecule has 3 atom stereocenters. The highest BCUT2D eigenvalue weighted by atomic mass is 19.1. The lowest BCUT2D eigenvalue weighted by Gasteiger charge is -2.41. The maximum atomic E-state index is 13.2. The van der Waals surface area contributed by atoms with Crippen molar-refractivity contribution < 1.29 is 4.39 Å². The summed E-state index contributed by atoms with van der Waals surface area (Å²) in [5.74, 6) is 1.91. The summed E-state index contributed by atoms with van der Waals surface area (Å²) >= 11 is 0. The molecule has 1 aromatic rings. The first-order valence-electron chi connectivity index (χ1n) is 8.49. The van der Waals surface area contributed by atoms with Gasteiger partial charge in [0.1, 0.15) is 5.82 Å². The zero-order chi connectivity index (χ0) is 14.2. The zero-order valence-electron chi connectivity index (χ0n) is 12.7. The van der Waals surface area contributed by atoms with Gasteiger partial charge in [-0.15, -0.1) is 0 Å². The average molecular weight is 288 g/mol. The molecule has 2 aliphatic carbocycles. The van der Waals surface area contributed by atoms with Crippen molar-refractivity contribution in [1.29, 1.82) is 0 Å². The first-order valence-corrected chi connectivity index (χ1v) is 8.49. The Hall–Kier alpha value is -0.930. The van der Waals surface area contributed by atoms with E-state index in [9.17, 15) is 4.39 Å². The Labute approximate surface area is 126 Å². The van der Waals surface area contributed by atoms with Gasteiger partial charge in [-0.3, -0.25) is 9.80 Å². The highest BCUT2D eigenvalue weighted by Gasteiger charge is 2.42. The predicted molar refractivity (Wildman–Crippen MR) is 82.5 cm³/mol. The lowest BCUT2D eigenvalue weighted by molar-refractivity contribution is 0.0679. The van der Waals surface area contributed by atoms with E-state index >= 15 is 0 Å². The van der Waals surface area contributed by atoms with Gasteiger partial charge < -0.3 is 0 Å². The molecular formula is C18H25FN2. The fourth-order valence-corrected chi connectivity index (χ4v) is 4.80. The van der Waals surface area contributed by atoms with Crippen LogP contribution in [0.4, 0.5) is 4.39 Å². The fourth-order valence-electron chi connectivity index (χ4n) is 4.80. The maximum Gasteiger partial charge on any atom is 0.123 e. The van der Waals surface area contributed by atoms with Crippen LogP contribution in [-0.4, -0.2) is 42.0 Å². The van der Waals surface area contributed by atoms with Crippen LogP contribution in [0.25, 0.3) is 0 Å². The van der Waals surface area contributed by atoms with E-state index in [-0.39, 0.29) is 5.82 Å². The highest BCUT2D eigenvalue weighted by Crippen LogP contribution is 2.46. The van der Waals surface area contributed by atoms with Crippen LogP contribution in [0.5, 0.6) is 0 Å². The third-order valence-electron chi connectivity index (χ3n) is 5.87. The van der Waals surface area contributed by atoms with Crippen molar-refractivity contribution in [2.75, 3.05) is 26.2 Å². The number of piperazine rings is 1. The van der Waals surface area contributed by atoms with Gasteiger partial charge in [0, 0.05) is 38.8 Å². The SMILES string of the molecule is Fc1cccc(CN2CCN([C@@H]3C[C@@H]4CC[C@@H]3C4)CC2)c1. The fraction of sp³-hybridized carbons (Fsp3) is 0.667. The molecule has 114 valence electrons. The molecular weight excluding hydrogens is 263 g/mol. The van der Waals surface area contributed by atoms with E-state index in [0.717, 1.165) is 43.1 Å². The van der Waals surface area contributed by atoms with Gasteiger partial charge in [-0.1, -0.05) is 18.6 Å². The summed E-state index contributed by atoms with van der Waals surface area (Å²) in [4.78, 5) is 5.21. The topological polar surface area (TPSA) is 6.48 Å².